The van der Waals surface area contributed by atoms with E-state index in [0.29, 0.717) is 10.8 Å². The molecule has 4 nitrogen and oxygen atoms in total. The largest absolute Gasteiger partial charge is 0.495 e. The SMILES string of the molecule is COc1ccc(N2CCN(CCO)CC2)cc1Cl. The number of nitrogens with zero attached hydrogens (tertiary/aromatic N) is 2. The molecule has 1 aliphatic rings. The summed E-state index contributed by atoms with van der Waals surface area (Å²) < 4.78 is 5.15. The van der Waals surface area contributed by atoms with Crippen LogP contribution in [0, 0.1) is 0 Å². The van der Waals surface area contributed by atoms with E-state index in [1.54, 1.807) is 7.11 Å². The number of aliphatic hydroxyl groups is 1. The molecule has 18 heavy (non-hydrogen) atoms. The molecule has 1 fully saturated rings. The van der Waals surface area contributed by atoms with E-state index in [-0.39, 0.29) is 6.61 Å². The van der Waals surface area contributed by atoms with Crippen molar-refractivity contribution in [2.45, 2.75) is 0 Å². The number of methoxy groups -OCH3 is 1. The highest BCUT2D eigenvalue weighted by atomic mass is 35.5. The van der Waals surface area contributed by atoms with Gasteiger partial charge in [-0.15, -0.1) is 0 Å². The van der Waals surface area contributed by atoms with E-state index in [0.717, 1.165) is 38.4 Å². The number of ether oxygens (including phenoxy) is 1. The Balaban J connectivity index is 1.99. The van der Waals surface area contributed by atoms with E-state index in [1.165, 1.54) is 0 Å². The number of β-amino-alcohol motifs (C(OH)–C–C–N with tert-alkyl or cyclic N) is 1. The van der Waals surface area contributed by atoms with Gasteiger partial charge in [0.25, 0.3) is 0 Å². The van der Waals surface area contributed by atoms with Crippen molar-refractivity contribution in [3.63, 3.8) is 0 Å². The van der Waals surface area contributed by atoms with Gasteiger partial charge in [-0.1, -0.05) is 11.6 Å². The standard InChI is InChI=1S/C13H19ClN2O2/c1-18-13-3-2-11(10-12(13)14)16-6-4-15(5-7-16)8-9-17/h2-3,10,17H,4-9H2,1H3. The normalized spacial score (nSPS) is 16.9. The number of anilines is 1. The average molecular weight is 271 g/mol. The van der Waals surface area contributed by atoms with Gasteiger partial charge in [0, 0.05) is 38.4 Å². The first-order chi connectivity index (χ1) is 8.74. The maximum atomic E-state index is 8.91. The van der Waals surface area contributed by atoms with Crippen molar-refractivity contribution in [3.05, 3.63) is 23.2 Å². The zero-order valence-electron chi connectivity index (χ0n) is 10.6. The second kappa shape index (κ2) is 6.27. The van der Waals surface area contributed by atoms with Gasteiger partial charge in [0.2, 0.25) is 0 Å². The molecular weight excluding hydrogens is 252 g/mol. The van der Waals surface area contributed by atoms with E-state index < -0.39 is 0 Å². The van der Waals surface area contributed by atoms with Gasteiger partial charge in [-0.05, 0) is 18.2 Å². The van der Waals surface area contributed by atoms with Crippen molar-refractivity contribution in [1.82, 2.24) is 4.90 Å². The predicted octanol–water partition coefficient (Wildman–Crippen LogP) is 1.46. The molecule has 0 atom stereocenters. The fourth-order valence-electron chi connectivity index (χ4n) is 2.22. The molecule has 0 amide bonds. The second-order valence-corrected chi connectivity index (χ2v) is 4.78. The first-order valence-corrected chi connectivity index (χ1v) is 6.54. The third-order valence-corrected chi connectivity index (χ3v) is 3.58. The summed E-state index contributed by atoms with van der Waals surface area (Å²) in [5.74, 6) is 0.708. The number of piperazine rings is 1. The first-order valence-electron chi connectivity index (χ1n) is 6.16. The van der Waals surface area contributed by atoms with Gasteiger partial charge in [-0.2, -0.15) is 0 Å². The van der Waals surface area contributed by atoms with Crippen LogP contribution in [0.1, 0.15) is 0 Å². The number of benzene rings is 1. The third kappa shape index (κ3) is 3.07. The van der Waals surface area contributed by atoms with Gasteiger partial charge in [-0.3, -0.25) is 4.90 Å². The number of aliphatic hydroxyl groups excluding tert-OH is 1. The molecule has 2 rings (SSSR count). The second-order valence-electron chi connectivity index (χ2n) is 4.37. The maximum absolute atomic E-state index is 8.91. The zero-order chi connectivity index (χ0) is 13.0. The van der Waals surface area contributed by atoms with Crippen molar-refractivity contribution in [2.24, 2.45) is 0 Å². The Hall–Kier alpha value is -0.970. The summed E-state index contributed by atoms with van der Waals surface area (Å²) >= 11 is 6.13. The zero-order valence-corrected chi connectivity index (χ0v) is 11.4. The molecule has 0 unspecified atom stereocenters. The molecule has 0 radical (unpaired) electrons. The van der Waals surface area contributed by atoms with Gasteiger partial charge in [0.15, 0.2) is 0 Å². The van der Waals surface area contributed by atoms with Crippen LogP contribution < -0.4 is 9.64 Å². The molecule has 5 heteroatoms. The topological polar surface area (TPSA) is 35.9 Å². The lowest BCUT2D eigenvalue weighted by molar-refractivity contribution is 0.189. The Morgan fingerprint density at radius 1 is 1.28 bits per heavy atom. The van der Waals surface area contributed by atoms with E-state index in [4.69, 9.17) is 21.4 Å². The van der Waals surface area contributed by atoms with Crippen LogP contribution in [-0.2, 0) is 0 Å². The van der Waals surface area contributed by atoms with Crippen LogP contribution in [0.25, 0.3) is 0 Å². The summed E-state index contributed by atoms with van der Waals surface area (Å²) in [6.07, 6.45) is 0. The molecule has 0 aromatic heterocycles. The van der Waals surface area contributed by atoms with Gasteiger partial charge in [-0.25, -0.2) is 0 Å². The lowest BCUT2D eigenvalue weighted by atomic mass is 10.2. The fraction of sp³-hybridized carbons (Fsp3) is 0.538. The molecule has 1 aromatic rings. The number of rotatable bonds is 4. The summed E-state index contributed by atoms with van der Waals surface area (Å²) in [6, 6.07) is 5.88. The highest BCUT2D eigenvalue weighted by Crippen LogP contribution is 2.29. The Bertz CT molecular complexity index is 393. The van der Waals surface area contributed by atoms with Gasteiger partial charge in [0.1, 0.15) is 5.75 Å². The first kappa shape index (κ1) is 13.5. The van der Waals surface area contributed by atoms with Gasteiger partial charge in [0.05, 0.1) is 18.7 Å². The predicted molar refractivity (Wildman–Crippen MR) is 73.7 cm³/mol. The van der Waals surface area contributed by atoms with Crippen LogP contribution in [0.5, 0.6) is 5.75 Å². The van der Waals surface area contributed by atoms with E-state index in [9.17, 15) is 0 Å². The Labute approximate surface area is 113 Å². The highest BCUT2D eigenvalue weighted by molar-refractivity contribution is 6.32. The summed E-state index contributed by atoms with van der Waals surface area (Å²) in [5, 5.41) is 9.55. The molecule has 1 N–H and O–H groups in total. The van der Waals surface area contributed by atoms with Crippen molar-refractivity contribution < 1.29 is 9.84 Å². The highest BCUT2D eigenvalue weighted by Gasteiger charge is 2.17. The summed E-state index contributed by atoms with van der Waals surface area (Å²) in [4.78, 5) is 4.57. The van der Waals surface area contributed by atoms with Crippen LogP contribution in [0.15, 0.2) is 18.2 Å². The smallest absolute Gasteiger partial charge is 0.137 e. The number of halogens is 1. The van der Waals surface area contributed by atoms with E-state index in [1.807, 2.05) is 18.2 Å². The summed E-state index contributed by atoms with van der Waals surface area (Å²) in [6.45, 7) is 4.87. The van der Waals surface area contributed by atoms with Crippen LogP contribution in [0.2, 0.25) is 5.02 Å². The maximum Gasteiger partial charge on any atom is 0.137 e. The molecule has 0 bridgehead atoms. The minimum absolute atomic E-state index is 0.231. The lowest BCUT2D eigenvalue weighted by Crippen LogP contribution is -2.47. The van der Waals surface area contributed by atoms with Crippen molar-refractivity contribution >= 4 is 17.3 Å². The number of hydrogen-bond acceptors (Lipinski definition) is 4. The van der Waals surface area contributed by atoms with Crippen molar-refractivity contribution in [2.75, 3.05) is 51.3 Å². The Morgan fingerprint density at radius 3 is 2.56 bits per heavy atom. The third-order valence-electron chi connectivity index (χ3n) is 3.29. The minimum Gasteiger partial charge on any atom is -0.495 e. The van der Waals surface area contributed by atoms with Crippen molar-refractivity contribution in [3.8, 4) is 5.75 Å². The molecule has 1 aromatic carbocycles. The van der Waals surface area contributed by atoms with Crippen LogP contribution in [0.3, 0.4) is 0 Å². The van der Waals surface area contributed by atoms with E-state index >= 15 is 0 Å². The summed E-state index contributed by atoms with van der Waals surface area (Å²) in [5.41, 5.74) is 1.13. The van der Waals surface area contributed by atoms with E-state index in [2.05, 4.69) is 9.80 Å². The average Bonchev–Trinajstić information content (AvgIpc) is 2.40. The van der Waals surface area contributed by atoms with Gasteiger partial charge >= 0.3 is 0 Å². The molecule has 1 aliphatic heterocycles. The van der Waals surface area contributed by atoms with Gasteiger partial charge < -0.3 is 14.7 Å². The van der Waals surface area contributed by atoms with Crippen LogP contribution in [-0.4, -0.2) is 56.4 Å². The van der Waals surface area contributed by atoms with Crippen LogP contribution in [0.4, 0.5) is 5.69 Å². The minimum atomic E-state index is 0.231. The molecule has 100 valence electrons. The summed E-state index contributed by atoms with van der Waals surface area (Å²) in [7, 11) is 1.62. The Kier molecular flexibility index (Phi) is 4.69. The fourth-order valence-corrected chi connectivity index (χ4v) is 2.48. The molecule has 1 heterocycles. The molecule has 0 aliphatic carbocycles. The molecule has 0 spiro atoms. The number of hydrogen-bond donors (Lipinski definition) is 1. The monoisotopic (exact) mass is 270 g/mol. The molecule has 1 saturated heterocycles. The van der Waals surface area contributed by atoms with Crippen LogP contribution >= 0.6 is 11.6 Å². The molecular formula is C13H19ClN2O2. The molecule has 0 saturated carbocycles. The lowest BCUT2D eigenvalue weighted by Gasteiger charge is -2.35. The Morgan fingerprint density at radius 2 is 2.00 bits per heavy atom. The van der Waals surface area contributed by atoms with Crippen molar-refractivity contribution in [1.29, 1.82) is 0 Å². The quantitative estimate of drug-likeness (QED) is 0.899.